The Morgan fingerprint density at radius 2 is 2.04 bits per heavy atom. The van der Waals surface area contributed by atoms with Gasteiger partial charge in [-0.1, -0.05) is 37.3 Å². The van der Waals surface area contributed by atoms with Crippen LogP contribution in [0.2, 0.25) is 5.02 Å². The van der Waals surface area contributed by atoms with E-state index in [9.17, 15) is 9.18 Å². The molecule has 148 valence electrons. The fourth-order valence-corrected chi connectivity index (χ4v) is 4.31. The van der Waals surface area contributed by atoms with E-state index in [1.54, 1.807) is 11.3 Å². The molecule has 1 heterocycles. The van der Waals surface area contributed by atoms with Crippen molar-refractivity contribution < 1.29 is 9.18 Å². The highest BCUT2D eigenvalue weighted by molar-refractivity contribution is 7.07. The minimum atomic E-state index is -0.499. The van der Waals surface area contributed by atoms with Crippen LogP contribution in [0.5, 0.6) is 0 Å². The maximum atomic E-state index is 13.8. The van der Waals surface area contributed by atoms with Gasteiger partial charge in [0.2, 0.25) is 5.91 Å². The first-order valence-corrected chi connectivity index (χ1v) is 10.2. The van der Waals surface area contributed by atoms with Gasteiger partial charge in [0.25, 0.3) is 0 Å². The van der Waals surface area contributed by atoms with E-state index >= 15 is 0 Å². The van der Waals surface area contributed by atoms with E-state index < -0.39 is 5.82 Å². The van der Waals surface area contributed by atoms with Crippen molar-refractivity contribution in [3.05, 3.63) is 44.9 Å². The van der Waals surface area contributed by atoms with Gasteiger partial charge in [-0.25, -0.2) is 4.39 Å². The van der Waals surface area contributed by atoms with Gasteiger partial charge in [-0.15, -0.1) is 23.7 Å². The highest BCUT2D eigenvalue weighted by Gasteiger charge is 2.14. The highest BCUT2D eigenvalue weighted by atomic mass is 35.5. The fraction of sp³-hybridized carbons (Fsp3) is 0.474. The van der Waals surface area contributed by atoms with Gasteiger partial charge in [0.05, 0.1) is 18.2 Å². The molecule has 1 saturated carbocycles. The summed E-state index contributed by atoms with van der Waals surface area (Å²) < 4.78 is 15.7. The first-order valence-electron chi connectivity index (χ1n) is 8.95. The van der Waals surface area contributed by atoms with E-state index in [0.29, 0.717) is 11.1 Å². The first-order chi connectivity index (χ1) is 12.5. The molecule has 0 radical (unpaired) electrons. The molecule has 0 bridgehead atoms. The van der Waals surface area contributed by atoms with Crippen LogP contribution in [-0.2, 0) is 18.3 Å². The van der Waals surface area contributed by atoms with E-state index in [2.05, 4.69) is 5.32 Å². The summed E-state index contributed by atoms with van der Waals surface area (Å²) in [5.41, 5.74) is 0.964. The molecule has 2 aromatic rings. The van der Waals surface area contributed by atoms with E-state index in [4.69, 9.17) is 16.6 Å². The summed E-state index contributed by atoms with van der Waals surface area (Å²) in [5, 5.41) is 4.92. The topological polar surface area (TPSA) is 46.4 Å². The summed E-state index contributed by atoms with van der Waals surface area (Å²) in [4.78, 5) is 18.1. The van der Waals surface area contributed by atoms with Crippen LogP contribution in [0, 0.1) is 5.82 Å². The Hall–Kier alpha value is -1.37. The minimum Gasteiger partial charge on any atom is -0.324 e. The Bertz CT molecular complexity index is 842. The molecule has 1 aromatic heterocycles. The largest absolute Gasteiger partial charge is 0.324 e. The van der Waals surface area contributed by atoms with Gasteiger partial charge in [-0.05, 0) is 31.0 Å². The zero-order valence-electron chi connectivity index (χ0n) is 15.2. The molecule has 1 aliphatic rings. The van der Waals surface area contributed by atoms with Gasteiger partial charge in [0.1, 0.15) is 5.82 Å². The molecule has 1 fully saturated rings. The molecule has 1 aliphatic carbocycles. The lowest BCUT2D eigenvalue weighted by Gasteiger charge is -2.09. The van der Waals surface area contributed by atoms with Crippen LogP contribution in [0.3, 0.4) is 0 Å². The van der Waals surface area contributed by atoms with Crippen molar-refractivity contribution in [2.75, 3.05) is 5.32 Å². The summed E-state index contributed by atoms with van der Waals surface area (Å²) in [6.07, 6.45) is 7.53. The van der Waals surface area contributed by atoms with Crippen LogP contribution in [0.15, 0.2) is 28.6 Å². The Morgan fingerprint density at radius 1 is 1.33 bits per heavy atom. The summed E-state index contributed by atoms with van der Waals surface area (Å²) in [6, 6.07) is 4.48. The van der Waals surface area contributed by atoms with Crippen molar-refractivity contribution in [1.82, 2.24) is 4.57 Å². The monoisotopic (exact) mass is 431 g/mol. The second kappa shape index (κ2) is 10.2. The molecule has 1 aromatic carbocycles. The number of aromatic nitrogens is 1. The number of amides is 1. The SMILES string of the molecule is Cl.Cn1c(CC(=O)Nc2cc(Cl)ccc2F)csc1=NC1CCCCCC1. The summed E-state index contributed by atoms with van der Waals surface area (Å²) in [7, 11) is 1.93. The molecule has 1 N–H and O–H groups in total. The molecule has 0 saturated heterocycles. The maximum Gasteiger partial charge on any atom is 0.230 e. The predicted octanol–water partition coefficient (Wildman–Crippen LogP) is 5.11. The molecule has 4 nitrogen and oxygen atoms in total. The number of benzene rings is 1. The van der Waals surface area contributed by atoms with Crippen LogP contribution in [0.4, 0.5) is 10.1 Å². The number of rotatable bonds is 4. The number of carbonyl (C=O) groups is 1. The van der Waals surface area contributed by atoms with Crippen molar-refractivity contribution in [2.24, 2.45) is 12.0 Å². The van der Waals surface area contributed by atoms with Gasteiger partial charge < -0.3 is 9.88 Å². The molecule has 0 aliphatic heterocycles. The molecular formula is C19H24Cl2FN3OS. The second-order valence-corrected chi connectivity index (χ2v) is 7.97. The van der Waals surface area contributed by atoms with Crippen molar-refractivity contribution >= 4 is 46.9 Å². The third kappa shape index (κ3) is 6.06. The number of halogens is 3. The molecule has 0 spiro atoms. The number of hydrogen-bond donors (Lipinski definition) is 1. The van der Waals surface area contributed by atoms with E-state index in [0.717, 1.165) is 23.3 Å². The zero-order valence-corrected chi connectivity index (χ0v) is 17.6. The standard InChI is InChI=1S/C19H23ClFN3OS.ClH/c1-24-15(11-18(25)23-17-10-13(20)8-9-16(17)21)12-26-19(24)22-14-6-4-2-3-5-7-14;/h8-10,12,14H,2-7,11H2,1H3,(H,23,25);1H. The molecule has 8 heteroatoms. The third-order valence-electron chi connectivity index (χ3n) is 4.68. The lowest BCUT2D eigenvalue weighted by molar-refractivity contribution is -0.115. The van der Waals surface area contributed by atoms with Crippen molar-refractivity contribution in [2.45, 2.75) is 51.0 Å². The average Bonchev–Trinajstić information content (AvgIpc) is 2.80. The smallest absolute Gasteiger partial charge is 0.230 e. The number of thiazole rings is 1. The van der Waals surface area contributed by atoms with E-state index in [-0.39, 0.29) is 30.4 Å². The molecule has 3 rings (SSSR count). The number of hydrogen-bond acceptors (Lipinski definition) is 3. The second-order valence-electron chi connectivity index (χ2n) is 6.69. The average molecular weight is 432 g/mol. The van der Waals surface area contributed by atoms with Crippen molar-refractivity contribution in [3.63, 3.8) is 0 Å². The quantitative estimate of drug-likeness (QED) is 0.671. The van der Waals surface area contributed by atoms with Gasteiger partial charge in [-0.2, -0.15) is 0 Å². The molecular weight excluding hydrogens is 408 g/mol. The fourth-order valence-electron chi connectivity index (χ4n) is 3.17. The van der Waals surface area contributed by atoms with Gasteiger partial charge in [0, 0.05) is 23.1 Å². The lowest BCUT2D eigenvalue weighted by atomic mass is 10.1. The number of anilines is 1. The van der Waals surface area contributed by atoms with Crippen LogP contribution in [-0.4, -0.2) is 16.5 Å². The minimum absolute atomic E-state index is 0. The molecule has 27 heavy (non-hydrogen) atoms. The Morgan fingerprint density at radius 3 is 2.74 bits per heavy atom. The van der Waals surface area contributed by atoms with Crippen LogP contribution in [0.25, 0.3) is 0 Å². The molecule has 0 atom stereocenters. The van der Waals surface area contributed by atoms with Crippen LogP contribution >= 0.6 is 35.3 Å². The Kier molecular flexibility index (Phi) is 8.32. The summed E-state index contributed by atoms with van der Waals surface area (Å²) in [6.45, 7) is 0. The van der Waals surface area contributed by atoms with Gasteiger partial charge >= 0.3 is 0 Å². The normalized spacial score (nSPS) is 15.9. The third-order valence-corrected chi connectivity index (χ3v) is 5.90. The zero-order chi connectivity index (χ0) is 18.5. The van der Waals surface area contributed by atoms with E-state index in [1.807, 2.05) is 17.0 Å². The molecule has 0 unspecified atom stereocenters. The van der Waals surface area contributed by atoms with Crippen molar-refractivity contribution in [1.29, 1.82) is 0 Å². The van der Waals surface area contributed by atoms with Gasteiger partial charge in [0.15, 0.2) is 4.80 Å². The predicted molar refractivity (Wildman–Crippen MR) is 111 cm³/mol. The Balaban J connectivity index is 0.00000261. The van der Waals surface area contributed by atoms with Crippen LogP contribution in [0.1, 0.15) is 44.2 Å². The first kappa shape index (κ1) is 21.9. The highest BCUT2D eigenvalue weighted by Crippen LogP contribution is 2.21. The number of nitrogens with one attached hydrogen (secondary N) is 1. The van der Waals surface area contributed by atoms with Gasteiger partial charge in [-0.3, -0.25) is 9.79 Å². The summed E-state index contributed by atoms with van der Waals surface area (Å²) in [5.74, 6) is -0.776. The van der Waals surface area contributed by atoms with Crippen molar-refractivity contribution in [3.8, 4) is 0 Å². The van der Waals surface area contributed by atoms with E-state index in [1.165, 1.54) is 43.9 Å². The lowest BCUT2D eigenvalue weighted by Crippen LogP contribution is -2.21. The molecule has 1 amide bonds. The van der Waals surface area contributed by atoms with Crippen LogP contribution < -0.4 is 10.1 Å². The number of nitrogens with zero attached hydrogens (tertiary/aromatic N) is 2. The number of carbonyl (C=O) groups excluding carboxylic acids is 1. The summed E-state index contributed by atoms with van der Waals surface area (Å²) >= 11 is 7.41. The Labute approximate surface area is 173 Å². The maximum absolute atomic E-state index is 13.8.